The van der Waals surface area contributed by atoms with Crippen molar-refractivity contribution in [3.63, 3.8) is 0 Å². The smallest absolute Gasteiger partial charge is 0.167 e. The lowest BCUT2D eigenvalue weighted by atomic mass is 10.3. The molecule has 2 rings (SSSR count). The molecule has 98 valence electrons. The van der Waals surface area contributed by atoms with E-state index in [1.54, 1.807) is 0 Å². The van der Waals surface area contributed by atoms with E-state index in [0.717, 1.165) is 6.07 Å². The first-order valence-electron chi connectivity index (χ1n) is 5.27. The van der Waals surface area contributed by atoms with Gasteiger partial charge in [0.25, 0.3) is 0 Å². The lowest BCUT2D eigenvalue weighted by Crippen LogP contribution is -1.95. The van der Waals surface area contributed by atoms with Crippen molar-refractivity contribution in [1.29, 1.82) is 0 Å². The SMILES string of the molecule is Nc1ccc(Oc2ccnc(CN=O)c2Cl)c(F)c1. The first kappa shape index (κ1) is 13.2. The monoisotopic (exact) mass is 281 g/mol. The van der Waals surface area contributed by atoms with Crippen molar-refractivity contribution in [3.8, 4) is 11.5 Å². The largest absolute Gasteiger partial charge is 0.453 e. The van der Waals surface area contributed by atoms with E-state index in [9.17, 15) is 9.30 Å². The third-order valence-electron chi connectivity index (χ3n) is 2.32. The van der Waals surface area contributed by atoms with E-state index in [0.29, 0.717) is 0 Å². The van der Waals surface area contributed by atoms with Crippen LogP contribution in [0.25, 0.3) is 0 Å². The number of nitrogens with two attached hydrogens (primary N) is 1. The highest BCUT2D eigenvalue weighted by Crippen LogP contribution is 2.32. The fraction of sp³-hybridized carbons (Fsp3) is 0.0833. The average molecular weight is 282 g/mol. The number of pyridine rings is 1. The highest BCUT2D eigenvalue weighted by atomic mass is 35.5. The van der Waals surface area contributed by atoms with E-state index in [2.05, 4.69) is 10.2 Å². The summed E-state index contributed by atoms with van der Waals surface area (Å²) >= 11 is 5.99. The molecule has 1 aromatic carbocycles. The van der Waals surface area contributed by atoms with Crippen molar-refractivity contribution < 1.29 is 9.13 Å². The number of anilines is 1. The highest BCUT2D eigenvalue weighted by Gasteiger charge is 2.12. The maximum absolute atomic E-state index is 13.6. The Morgan fingerprint density at radius 3 is 2.84 bits per heavy atom. The Morgan fingerprint density at radius 2 is 2.16 bits per heavy atom. The molecular formula is C12H9ClFN3O2. The zero-order valence-electron chi connectivity index (χ0n) is 9.64. The first-order chi connectivity index (χ1) is 9.11. The van der Waals surface area contributed by atoms with Gasteiger partial charge < -0.3 is 10.5 Å². The van der Waals surface area contributed by atoms with Gasteiger partial charge in [0.15, 0.2) is 11.6 Å². The van der Waals surface area contributed by atoms with Crippen LogP contribution in [0.5, 0.6) is 11.5 Å². The fourth-order valence-corrected chi connectivity index (χ4v) is 1.65. The van der Waals surface area contributed by atoms with Crippen molar-refractivity contribution in [2.75, 3.05) is 5.73 Å². The third-order valence-corrected chi connectivity index (χ3v) is 2.72. The Balaban J connectivity index is 2.33. The number of rotatable bonds is 4. The van der Waals surface area contributed by atoms with E-state index >= 15 is 0 Å². The maximum atomic E-state index is 13.6. The minimum atomic E-state index is -0.608. The van der Waals surface area contributed by atoms with Crippen LogP contribution >= 0.6 is 11.6 Å². The van der Waals surface area contributed by atoms with Crippen molar-refractivity contribution in [1.82, 2.24) is 4.98 Å². The summed E-state index contributed by atoms with van der Waals surface area (Å²) in [6.45, 7) is -0.180. The molecule has 0 spiro atoms. The van der Waals surface area contributed by atoms with Crippen LogP contribution in [0.15, 0.2) is 35.6 Å². The summed E-state index contributed by atoms with van der Waals surface area (Å²) in [7, 11) is 0. The number of nitrogen functional groups attached to an aromatic ring is 1. The fourth-order valence-electron chi connectivity index (χ4n) is 1.44. The summed E-state index contributed by atoms with van der Waals surface area (Å²) in [6, 6.07) is 5.49. The van der Waals surface area contributed by atoms with Crippen molar-refractivity contribution in [2.24, 2.45) is 5.18 Å². The molecule has 2 aromatic rings. The van der Waals surface area contributed by atoms with Gasteiger partial charge in [-0.2, -0.15) is 4.91 Å². The molecule has 0 saturated carbocycles. The van der Waals surface area contributed by atoms with E-state index in [4.69, 9.17) is 22.1 Å². The van der Waals surface area contributed by atoms with Crippen LogP contribution in [-0.4, -0.2) is 4.98 Å². The second kappa shape index (κ2) is 5.62. The molecule has 0 atom stereocenters. The standard InChI is InChI=1S/C12H9ClFN3O2/c13-12-9(6-17-18)16-4-3-11(12)19-10-2-1-7(15)5-8(10)14/h1-5H,6,15H2. The van der Waals surface area contributed by atoms with Gasteiger partial charge in [-0.15, -0.1) is 0 Å². The number of benzene rings is 1. The predicted molar refractivity (Wildman–Crippen MR) is 69.6 cm³/mol. The maximum Gasteiger partial charge on any atom is 0.167 e. The molecule has 19 heavy (non-hydrogen) atoms. The molecule has 0 aliphatic heterocycles. The Hall–Kier alpha value is -2.21. The highest BCUT2D eigenvalue weighted by molar-refractivity contribution is 6.32. The number of nitroso groups, excluding NO2 is 1. The number of ether oxygens (including phenoxy) is 1. The third kappa shape index (κ3) is 2.97. The molecule has 2 N–H and O–H groups in total. The van der Waals surface area contributed by atoms with Gasteiger partial charge in [0, 0.05) is 24.0 Å². The molecule has 0 unspecified atom stereocenters. The van der Waals surface area contributed by atoms with E-state index in [1.165, 1.54) is 24.4 Å². The minimum Gasteiger partial charge on any atom is -0.453 e. The van der Waals surface area contributed by atoms with Crippen LogP contribution < -0.4 is 10.5 Å². The zero-order valence-corrected chi connectivity index (χ0v) is 10.4. The Labute approximate surface area is 113 Å². The summed E-state index contributed by atoms with van der Waals surface area (Å²) in [6.07, 6.45) is 1.40. The summed E-state index contributed by atoms with van der Waals surface area (Å²) in [4.78, 5) is 14.1. The topological polar surface area (TPSA) is 77.6 Å². The van der Waals surface area contributed by atoms with Gasteiger partial charge in [-0.3, -0.25) is 4.98 Å². The summed E-state index contributed by atoms with van der Waals surface area (Å²) in [5.74, 6) is -0.436. The second-order valence-electron chi connectivity index (χ2n) is 3.65. The second-order valence-corrected chi connectivity index (χ2v) is 4.03. The minimum absolute atomic E-state index is 0.0210. The van der Waals surface area contributed by atoms with Gasteiger partial charge >= 0.3 is 0 Å². The molecule has 0 saturated heterocycles. The molecule has 0 radical (unpaired) electrons. The van der Waals surface area contributed by atoms with E-state index < -0.39 is 5.82 Å². The van der Waals surface area contributed by atoms with Gasteiger partial charge in [0.05, 0.1) is 5.69 Å². The quantitative estimate of drug-likeness (QED) is 0.687. The number of nitrogens with zero attached hydrogens (tertiary/aromatic N) is 2. The van der Waals surface area contributed by atoms with E-state index in [1.807, 2.05) is 0 Å². The molecule has 1 heterocycles. The zero-order chi connectivity index (χ0) is 13.8. The van der Waals surface area contributed by atoms with Crippen LogP contribution in [0.2, 0.25) is 5.02 Å². The van der Waals surface area contributed by atoms with Crippen LogP contribution in [0.1, 0.15) is 5.69 Å². The molecule has 0 bridgehead atoms. The molecule has 0 aliphatic carbocycles. The van der Waals surface area contributed by atoms with Crippen molar-refractivity contribution >= 4 is 17.3 Å². The summed E-state index contributed by atoms with van der Waals surface area (Å²) in [5.41, 5.74) is 5.99. The van der Waals surface area contributed by atoms with Crippen LogP contribution in [0.3, 0.4) is 0 Å². The molecule has 7 heteroatoms. The van der Waals surface area contributed by atoms with Crippen LogP contribution in [0.4, 0.5) is 10.1 Å². The van der Waals surface area contributed by atoms with Crippen LogP contribution in [0, 0.1) is 10.7 Å². The van der Waals surface area contributed by atoms with E-state index in [-0.39, 0.29) is 34.4 Å². The van der Waals surface area contributed by atoms with Gasteiger partial charge in [0.2, 0.25) is 0 Å². The van der Waals surface area contributed by atoms with Gasteiger partial charge in [-0.1, -0.05) is 16.8 Å². The number of hydrogen-bond acceptors (Lipinski definition) is 5. The normalized spacial score (nSPS) is 10.2. The molecule has 0 aliphatic rings. The molecular weight excluding hydrogens is 273 g/mol. The molecule has 0 amide bonds. The summed E-state index contributed by atoms with van der Waals surface area (Å²) in [5, 5.41) is 2.82. The van der Waals surface area contributed by atoms with Crippen LogP contribution in [-0.2, 0) is 6.54 Å². The average Bonchev–Trinajstić information content (AvgIpc) is 2.37. The Morgan fingerprint density at radius 1 is 1.37 bits per heavy atom. The first-order valence-corrected chi connectivity index (χ1v) is 5.65. The summed E-state index contributed by atoms with van der Waals surface area (Å²) < 4.78 is 18.9. The van der Waals surface area contributed by atoms with Gasteiger partial charge in [-0.25, -0.2) is 4.39 Å². The number of halogens is 2. The molecule has 1 aromatic heterocycles. The molecule has 0 fully saturated rings. The van der Waals surface area contributed by atoms with Crippen molar-refractivity contribution in [3.05, 3.63) is 51.9 Å². The molecule has 5 nitrogen and oxygen atoms in total. The number of aromatic nitrogens is 1. The van der Waals surface area contributed by atoms with Gasteiger partial charge in [0.1, 0.15) is 17.3 Å². The van der Waals surface area contributed by atoms with Gasteiger partial charge in [-0.05, 0) is 12.1 Å². The Bertz CT molecular complexity index is 622. The lowest BCUT2D eigenvalue weighted by Gasteiger charge is -2.10. The predicted octanol–water partition coefficient (Wildman–Crippen LogP) is 3.52. The Kier molecular flexibility index (Phi) is 3.91. The lowest BCUT2D eigenvalue weighted by molar-refractivity contribution is 0.441. The van der Waals surface area contributed by atoms with Crippen molar-refractivity contribution in [2.45, 2.75) is 6.54 Å². The number of hydrogen-bond donors (Lipinski definition) is 1.